The van der Waals surface area contributed by atoms with Gasteiger partial charge in [-0.25, -0.2) is 0 Å². The van der Waals surface area contributed by atoms with E-state index in [0.717, 1.165) is 13.0 Å². The van der Waals surface area contributed by atoms with Crippen LogP contribution in [0, 0.1) is 0 Å². The summed E-state index contributed by atoms with van der Waals surface area (Å²) in [4.78, 5) is 0. The van der Waals surface area contributed by atoms with Gasteiger partial charge >= 0.3 is 0 Å². The van der Waals surface area contributed by atoms with Crippen LogP contribution in [-0.4, -0.2) is 25.3 Å². The quantitative estimate of drug-likeness (QED) is 0.569. The maximum Gasteiger partial charge on any atom is 0.0929 e. The van der Waals surface area contributed by atoms with Crippen LogP contribution in [0.15, 0.2) is 0 Å². The predicted octanol–water partition coefficient (Wildman–Crippen LogP) is 0.773. The van der Waals surface area contributed by atoms with Crippen LogP contribution in [0.4, 0.5) is 0 Å². The molecule has 0 amide bonds. The van der Waals surface area contributed by atoms with Gasteiger partial charge in [-0.3, -0.25) is 0 Å². The van der Waals surface area contributed by atoms with Crippen LogP contribution in [0.3, 0.4) is 0 Å². The van der Waals surface area contributed by atoms with Gasteiger partial charge in [0.15, 0.2) is 0 Å². The largest absolute Gasteiger partial charge is 0.367 e. The Bertz CT molecular complexity index is 105. The van der Waals surface area contributed by atoms with Crippen molar-refractivity contribution >= 4 is 0 Å². The second kappa shape index (κ2) is 2.27. The molecular formula is C7H15NO. The molecule has 2 unspecified atom stereocenters. The Labute approximate surface area is 56.6 Å². The zero-order valence-electron chi connectivity index (χ0n) is 6.40. The smallest absolute Gasteiger partial charge is 0.0929 e. The Balaban J connectivity index is 2.13. The molecule has 0 aromatic rings. The molecule has 2 heteroatoms. The van der Waals surface area contributed by atoms with E-state index in [2.05, 4.69) is 19.2 Å². The molecule has 54 valence electrons. The highest BCUT2D eigenvalue weighted by molar-refractivity contribution is 4.95. The summed E-state index contributed by atoms with van der Waals surface area (Å²) in [6.45, 7) is 5.34. The van der Waals surface area contributed by atoms with Crippen LogP contribution in [0.25, 0.3) is 0 Å². The molecule has 1 rings (SSSR count). The lowest BCUT2D eigenvalue weighted by molar-refractivity contribution is 0.298. The Morgan fingerprint density at radius 1 is 1.67 bits per heavy atom. The van der Waals surface area contributed by atoms with Crippen LogP contribution in [0.5, 0.6) is 0 Å². The summed E-state index contributed by atoms with van der Waals surface area (Å²) in [5.74, 6) is 0. The average Bonchev–Trinajstić information content (AvgIpc) is 2.38. The van der Waals surface area contributed by atoms with Crippen LogP contribution in [0.1, 0.15) is 20.3 Å². The molecule has 0 aliphatic carbocycles. The lowest BCUT2D eigenvalue weighted by Crippen LogP contribution is -2.17. The molecule has 1 saturated heterocycles. The SMILES string of the molecule is CNCCC1(C)OC1C. The number of epoxide rings is 1. The highest BCUT2D eigenvalue weighted by atomic mass is 16.6. The average molecular weight is 129 g/mol. The monoisotopic (exact) mass is 129 g/mol. The van der Waals surface area contributed by atoms with Gasteiger partial charge in [0, 0.05) is 0 Å². The second-order valence-electron chi connectivity index (χ2n) is 2.93. The Hall–Kier alpha value is -0.0800. The van der Waals surface area contributed by atoms with E-state index in [0.29, 0.717) is 6.10 Å². The number of nitrogens with one attached hydrogen (secondary N) is 1. The first kappa shape index (κ1) is 7.03. The molecule has 2 nitrogen and oxygen atoms in total. The fraction of sp³-hybridized carbons (Fsp3) is 1.00. The van der Waals surface area contributed by atoms with Crippen molar-refractivity contribution in [3.05, 3.63) is 0 Å². The van der Waals surface area contributed by atoms with E-state index in [9.17, 15) is 0 Å². The Morgan fingerprint density at radius 2 is 2.22 bits per heavy atom. The van der Waals surface area contributed by atoms with E-state index < -0.39 is 0 Å². The van der Waals surface area contributed by atoms with Crippen LogP contribution >= 0.6 is 0 Å². The van der Waals surface area contributed by atoms with E-state index in [1.807, 2.05) is 7.05 Å². The summed E-state index contributed by atoms with van der Waals surface area (Å²) in [5.41, 5.74) is 0.197. The van der Waals surface area contributed by atoms with Crippen LogP contribution in [-0.2, 0) is 4.74 Å². The molecule has 9 heavy (non-hydrogen) atoms. The second-order valence-corrected chi connectivity index (χ2v) is 2.93. The van der Waals surface area contributed by atoms with Crippen molar-refractivity contribution in [3.63, 3.8) is 0 Å². The van der Waals surface area contributed by atoms with Crippen molar-refractivity contribution < 1.29 is 4.74 Å². The van der Waals surface area contributed by atoms with Crippen molar-refractivity contribution in [2.45, 2.75) is 32.0 Å². The molecule has 1 aliphatic heterocycles. The lowest BCUT2D eigenvalue weighted by atomic mass is 10.1. The van der Waals surface area contributed by atoms with E-state index in [1.165, 1.54) is 0 Å². The van der Waals surface area contributed by atoms with Crippen molar-refractivity contribution in [2.75, 3.05) is 13.6 Å². The fourth-order valence-electron chi connectivity index (χ4n) is 1.01. The number of hydrogen-bond donors (Lipinski definition) is 1. The standard InChI is InChI=1S/C7H15NO/c1-6-7(2,9-6)4-5-8-3/h6,8H,4-5H2,1-3H3. The summed E-state index contributed by atoms with van der Waals surface area (Å²) < 4.78 is 5.37. The van der Waals surface area contributed by atoms with E-state index in [1.54, 1.807) is 0 Å². The molecule has 0 spiro atoms. The van der Waals surface area contributed by atoms with Gasteiger partial charge in [-0.1, -0.05) is 0 Å². The minimum absolute atomic E-state index is 0.197. The molecule has 1 N–H and O–H groups in total. The molecular weight excluding hydrogens is 114 g/mol. The first-order valence-electron chi connectivity index (χ1n) is 3.51. The molecule has 1 fully saturated rings. The van der Waals surface area contributed by atoms with Gasteiger partial charge in [-0.15, -0.1) is 0 Å². The van der Waals surface area contributed by atoms with E-state index in [-0.39, 0.29) is 5.60 Å². The molecule has 2 atom stereocenters. The lowest BCUT2D eigenvalue weighted by Gasteiger charge is -2.02. The normalized spacial score (nSPS) is 41.0. The molecule has 0 aromatic heterocycles. The van der Waals surface area contributed by atoms with Gasteiger partial charge in [0.1, 0.15) is 0 Å². The minimum Gasteiger partial charge on any atom is -0.367 e. The van der Waals surface area contributed by atoms with Crippen molar-refractivity contribution in [1.82, 2.24) is 5.32 Å². The molecule has 0 saturated carbocycles. The van der Waals surface area contributed by atoms with Crippen molar-refractivity contribution in [1.29, 1.82) is 0 Å². The van der Waals surface area contributed by atoms with Crippen LogP contribution < -0.4 is 5.32 Å². The highest BCUT2D eigenvalue weighted by Gasteiger charge is 2.47. The third-order valence-corrected chi connectivity index (χ3v) is 2.12. The van der Waals surface area contributed by atoms with Crippen molar-refractivity contribution in [2.24, 2.45) is 0 Å². The van der Waals surface area contributed by atoms with E-state index >= 15 is 0 Å². The molecule has 0 radical (unpaired) electrons. The van der Waals surface area contributed by atoms with E-state index in [4.69, 9.17) is 4.74 Å². The predicted molar refractivity (Wildman–Crippen MR) is 37.5 cm³/mol. The zero-order valence-corrected chi connectivity index (χ0v) is 6.40. The summed E-state index contributed by atoms with van der Waals surface area (Å²) >= 11 is 0. The first-order chi connectivity index (χ1) is 4.19. The minimum atomic E-state index is 0.197. The zero-order chi connectivity index (χ0) is 6.91. The van der Waals surface area contributed by atoms with Crippen molar-refractivity contribution in [3.8, 4) is 0 Å². The molecule has 0 bridgehead atoms. The molecule has 1 aliphatic rings. The number of hydrogen-bond acceptors (Lipinski definition) is 2. The third kappa shape index (κ3) is 1.43. The van der Waals surface area contributed by atoms with Gasteiger partial charge in [-0.05, 0) is 33.9 Å². The maximum absolute atomic E-state index is 5.37. The van der Waals surface area contributed by atoms with Gasteiger partial charge in [-0.2, -0.15) is 0 Å². The third-order valence-electron chi connectivity index (χ3n) is 2.12. The topological polar surface area (TPSA) is 24.6 Å². The number of ether oxygens (including phenoxy) is 1. The highest BCUT2D eigenvalue weighted by Crippen LogP contribution is 2.38. The summed E-state index contributed by atoms with van der Waals surface area (Å²) in [7, 11) is 1.97. The van der Waals surface area contributed by atoms with Gasteiger partial charge in [0.25, 0.3) is 0 Å². The number of rotatable bonds is 3. The Kier molecular flexibility index (Phi) is 1.78. The van der Waals surface area contributed by atoms with Gasteiger partial charge < -0.3 is 10.1 Å². The maximum atomic E-state index is 5.37. The summed E-state index contributed by atoms with van der Waals surface area (Å²) in [6, 6.07) is 0. The summed E-state index contributed by atoms with van der Waals surface area (Å²) in [5, 5.41) is 3.10. The van der Waals surface area contributed by atoms with Crippen LogP contribution in [0.2, 0.25) is 0 Å². The Morgan fingerprint density at radius 3 is 2.56 bits per heavy atom. The fourth-order valence-corrected chi connectivity index (χ4v) is 1.01. The summed E-state index contributed by atoms with van der Waals surface area (Å²) in [6.07, 6.45) is 1.61. The first-order valence-corrected chi connectivity index (χ1v) is 3.51. The molecule has 1 heterocycles. The van der Waals surface area contributed by atoms with Gasteiger partial charge in [0.05, 0.1) is 11.7 Å². The molecule has 0 aromatic carbocycles. The van der Waals surface area contributed by atoms with Gasteiger partial charge in [0.2, 0.25) is 0 Å².